The van der Waals surface area contributed by atoms with Gasteiger partial charge in [-0.2, -0.15) is 4.40 Å². The number of hydrogen-bond donors (Lipinski definition) is 0. The van der Waals surface area contributed by atoms with Crippen LogP contribution in [0.25, 0.3) is 10.9 Å². The van der Waals surface area contributed by atoms with Crippen molar-refractivity contribution in [1.29, 1.82) is 0 Å². The van der Waals surface area contributed by atoms with Gasteiger partial charge in [-0.3, -0.25) is 0 Å². The number of benzene rings is 1. The molecule has 0 spiro atoms. The first-order valence-electron chi connectivity index (χ1n) is 8.35. The summed E-state index contributed by atoms with van der Waals surface area (Å²) in [6, 6.07) is 5.49. The van der Waals surface area contributed by atoms with E-state index in [0.29, 0.717) is 33.4 Å². The maximum absolute atomic E-state index is 12.3. The number of ether oxygens (including phenoxy) is 2. The third-order valence-electron chi connectivity index (χ3n) is 3.52. The van der Waals surface area contributed by atoms with Crippen LogP contribution in [0.2, 0.25) is 5.02 Å². The number of methoxy groups -OCH3 is 1. The van der Waals surface area contributed by atoms with Crippen LogP contribution in [0.1, 0.15) is 47.1 Å². The first-order chi connectivity index (χ1) is 12.0. The molecule has 1 atom stereocenters. The van der Waals surface area contributed by atoms with Crippen molar-refractivity contribution in [2.75, 3.05) is 7.11 Å². The summed E-state index contributed by atoms with van der Waals surface area (Å²) in [4.78, 5) is 4.55. The zero-order valence-corrected chi connectivity index (χ0v) is 17.8. The van der Waals surface area contributed by atoms with Gasteiger partial charge < -0.3 is 9.47 Å². The van der Waals surface area contributed by atoms with E-state index in [9.17, 15) is 4.21 Å². The van der Waals surface area contributed by atoms with Crippen molar-refractivity contribution in [1.82, 2.24) is 4.98 Å². The van der Waals surface area contributed by atoms with Crippen LogP contribution in [0, 0.1) is 0 Å². The average Bonchev–Trinajstić information content (AvgIpc) is 2.53. The standard InChI is InChI=1S/C19H25ClN2O3S/c1-11(2)25-17-10-16-13(9-15(17)20)8-14(18(21-16)24-7)12(3)22-26(23)19(4,5)6/h8-11H,1-7H3/t26-/m1/s1. The molecule has 0 amide bonds. The lowest BCUT2D eigenvalue weighted by Gasteiger charge is -2.16. The van der Waals surface area contributed by atoms with Crippen LogP contribution in [0.5, 0.6) is 11.6 Å². The predicted molar refractivity (Wildman–Crippen MR) is 109 cm³/mol. The van der Waals surface area contributed by atoms with Crippen LogP contribution in [0.3, 0.4) is 0 Å². The van der Waals surface area contributed by atoms with Gasteiger partial charge in [0.2, 0.25) is 5.88 Å². The Morgan fingerprint density at radius 2 is 1.92 bits per heavy atom. The fourth-order valence-corrected chi connectivity index (χ4v) is 3.06. The summed E-state index contributed by atoms with van der Waals surface area (Å²) in [6.07, 6.45) is 0.00729. The summed E-state index contributed by atoms with van der Waals surface area (Å²) in [6.45, 7) is 11.3. The number of nitrogens with zero attached hydrogens (tertiary/aromatic N) is 2. The molecule has 0 unspecified atom stereocenters. The number of halogens is 1. The quantitative estimate of drug-likeness (QED) is 0.670. The Bertz CT molecular complexity index is 873. The van der Waals surface area contributed by atoms with Gasteiger partial charge in [0.1, 0.15) is 16.7 Å². The van der Waals surface area contributed by atoms with Gasteiger partial charge in [-0.15, -0.1) is 0 Å². The highest BCUT2D eigenvalue weighted by atomic mass is 35.5. The predicted octanol–water partition coefficient (Wildman–Crippen LogP) is 4.96. The van der Waals surface area contributed by atoms with Gasteiger partial charge in [0, 0.05) is 11.5 Å². The minimum atomic E-state index is -1.37. The Morgan fingerprint density at radius 1 is 1.27 bits per heavy atom. The van der Waals surface area contributed by atoms with Crippen LogP contribution in [-0.2, 0) is 11.0 Å². The van der Waals surface area contributed by atoms with Gasteiger partial charge in [-0.25, -0.2) is 9.19 Å². The molecule has 0 radical (unpaired) electrons. The number of rotatable bonds is 5. The second-order valence-electron chi connectivity index (χ2n) is 7.23. The average molecular weight is 397 g/mol. The molecule has 2 rings (SSSR count). The second-order valence-corrected chi connectivity index (χ2v) is 9.54. The molecule has 2 aromatic rings. The topological polar surface area (TPSA) is 60.8 Å². The van der Waals surface area contributed by atoms with Crippen molar-refractivity contribution in [2.45, 2.75) is 52.4 Å². The zero-order valence-electron chi connectivity index (χ0n) is 16.2. The van der Waals surface area contributed by atoms with Crippen molar-refractivity contribution in [3.63, 3.8) is 0 Å². The summed E-state index contributed by atoms with van der Waals surface area (Å²) in [5, 5.41) is 1.34. The van der Waals surface area contributed by atoms with E-state index in [1.54, 1.807) is 26.2 Å². The molecule has 1 aromatic heterocycles. The molecule has 7 heteroatoms. The van der Waals surface area contributed by atoms with E-state index in [2.05, 4.69) is 9.38 Å². The lowest BCUT2D eigenvalue weighted by Crippen LogP contribution is -2.20. The monoisotopic (exact) mass is 396 g/mol. The maximum Gasteiger partial charge on any atom is 0.222 e. The minimum absolute atomic E-state index is 0.00729. The molecule has 0 bridgehead atoms. The third-order valence-corrected chi connectivity index (χ3v) is 5.31. The number of pyridine rings is 1. The first kappa shape index (κ1) is 20.6. The molecule has 0 aliphatic rings. The van der Waals surface area contributed by atoms with E-state index in [1.165, 1.54) is 0 Å². The molecule has 0 aliphatic carbocycles. The van der Waals surface area contributed by atoms with E-state index in [0.717, 1.165) is 5.39 Å². The Morgan fingerprint density at radius 3 is 2.46 bits per heavy atom. The van der Waals surface area contributed by atoms with Crippen LogP contribution >= 0.6 is 11.6 Å². The third kappa shape index (κ3) is 4.74. The molecular formula is C19H25ClN2O3S. The summed E-state index contributed by atoms with van der Waals surface area (Å²) in [7, 11) is 0.181. The number of fused-ring (bicyclic) bond motifs is 1. The number of aromatic nitrogens is 1. The molecule has 0 saturated heterocycles. The number of hydrogen-bond acceptors (Lipinski definition) is 4. The highest BCUT2D eigenvalue weighted by Gasteiger charge is 2.21. The molecule has 1 heterocycles. The van der Waals surface area contributed by atoms with Gasteiger partial charge in [0.25, 0.3) is 0 Å². The Kier molecular flexibility index (Phi) is 6.29. The summed E-state index contributed by atoms with van der Waals surface area (Å²) in [5.74, 6) is 0.998. The maximum atomic E-state index is 12.3. The fraction of sp³-hybridized carbons (Fsp3) is 0.474. The van der Waals surface area contributed by atoms with Crippen LogP contribution < -0.4 is 9.47 Å². The van der Waals surface area contributed by atoms with Crippen molar-refractivity contribution in [2.24, 2.45) is 4.40 Å². The Labute approximate surface area is 162 Å². The molecule has 26 heavy (non-hydrogen) atoms. The van der Waals surface area contributed by atoms with Gasteiger partial charge >= 0.3 is 0 Å². The summed E-state index contributed by atoms with van der Waals surface area (Å²) >= 11 is 6.33. The molecule has 5 nitrogen and oxygen atoms in total. The van der Waals surface area contributed by atoms with E-state index >= 15 is 0 Å². The molecule has 142 valence electrons. The van der Waals surface area contributed by atoms with Gasteiger partial charge in [-0.1, -0.05) is 11.6 Å². The highest BCUT2D eigenvalue weighted by Crippen LogP contribution is 2.33. The van der Waals surface area contributed by atoms with Crippen LogP contribution in [0.15, 0.2) is 22.6 Å². The lowest BCUT2D eigenvalue weighted by atomic mass is 10.1. The molecule has 0 saturated carbocycles. The zero-order chi connectivity index (χ0) is 19.6. The summed E-state index contributed by atoms with van der Waals surface area (Å²) < 4.78 is 27.4. The second kappa shape index (κ2) is 7.92. The van der Waals surface area contributed by atoms with E-state index in [4.69, 9.17) is 21.1 Å². The van der Waals surface area contributed by atoms with Crippen LogP contribution in [-0.4, -0.2) is 32.9 Å². The molecule has 0 fully saturated rings. The van der Waals surface area contributed by atoms with Gasteiger partial charge in [-0.05, 0) is 53.7 Å². The van der Waals surface area contributed by atoms with Gasteiger partial charge in [0.05, 0.1) is 39.8 Å². The smallest absolute Gasteiger partial charge is 0.222 e. The Hall–Kier alpha value is -1.66. The SMILES string of the molecule is COc1nc2cc(OC(C)C)c(Cl)cc2cc1C(C)=N[S@](=O)C(C)(C)C. The lowest BCUT2D eigenvalue weighted by molar-refractivity contribution is 0.243. The van der Waals surface area contributed by atoms with E-state index in [-0.39, 0.29) is 6.10 Å². The largest absolute Gasteiger partial charge is 0.489 e. The van der Waals surface area contributed by atoms with Crippen molar-refractivity contribution in [3.8, 4) is 11.6 Å². The van der Waals surface area contributed by atoms with Gasteiger partial charge in [0.15, 0.2) is 0 Å². The molecule has 0 N–H and O–H groups in total. The fourth-order valence-electron chi connectivity index (χ4n) is 2.23. The Balaban J connectivity index is 2.58. The minimum Gasteiger partial charge on any atom is -0.489 e. The normalized spacial score (nSPS) is 14.0. The van der Waals surface area contributed by atoms with E-state index in [1.807, 2.05) is 40.7 Å². The van der Waals surface area contributed by atoms with Crippen molar-refractivity contribution >= 4 is 39.2 Å². The molecular weight excluding hydrogens is 372 g/mol. The first-order valence-corrected chi connectivity index (χ1v) is 9.84. The summed E-state index contributed by atoms with van der Waals surface area (Å²) in [5.41, 5.74) is 1.99. The van der Waals surface area contributed by atoms with Crippen molar-refractivity contribution in [3.05, 3.63) is 28.8 Å². The van der Waals surface area contributed by atoms with Crippen LogP contribution in [0.4, 0.5) is 0 Å². The highest BCUT2D eigenvalue weighted by molar-refractivity contribution is 7.85. The molecule has 0 aliphatic heterocycles. The van der Waals surface area contributed by atoms with Crippen molar-refractivity contribution < 1.29 is 13.7 Å². The van der Waals surface area contributed by atoms with E-state index < -0.39 is 15.7 Å². The molecule has 1 aromatic carbocycles.